The van der Waals surface area contributed by atoms with Crippen molar-refractivity contribution in [2.75, 3.05) is 25.1 Å². The van der Waals surface area contributed by atoms with E-state index < -0.39 is 11.7 Å². The van der Waals surface area contributed by atoms with E-state index in [4.69, 9.17) is 9.84 Å². The van der Waals surface area contributed by atoms with E-state index in [1.165, 1.54) is 12.1 Å². The molecule has 0 bridgehead atoms. The van der Waals surface area contributed by atoms with E-state index >= 15 is 0 Å². The van der Waals surface area contributed by atoms with Crippen LogP contribution in [0.3, 0.4) is 0 Å². The van der Waals surface area contributed by atoms with Crippen LogP contribution in [-0.2, 0) is 10.3 Å². The van der Waals surface area contributed by atoms with E-state index in [2.05, 4.69) is 22.5 Å². The quantitative estimate of drug-likeness (QED) is 0.514. The van der Waals surface area contributed by atoms with Crippen molar-refractivity contribution in [2.24, 2.45) is 5.92 Å². The highest BCUT2D eigenvalue weighted by atomic mass is 19.4. The largest absolute Gasteiger partial charge is 0.410 e. The lowest BCUT2D eigenvalue weighted by atomic mass is 9.81. The van der Waals surface area contributed by atoms with Crippen molar-refractivity contribution in [3.8, 4) is 0 Å². The molecule has 5 rings (SSSR count). The Balaban J connectivity index is 1.49. The number of ether oxygens (including phenoxy) is 1. The summed E-state index contributed by atoms with van der Waals surface area (Å²) < 4.78 is 49.5. The van der Waals surface area contributed by atoms with Gasteiger partial charge in [0.25, 0.3) is 5.56 Å². The van der Waals surface area contributed by atoms with Gasteiger partial charge >= 0.3 is 6.18 Å². The minimum atomic E-state index is -4.40. The Morgan fingerprint density at radius 2 is 2.00 bits per heavy atom. The van der Waals surface area contributed by atoms with Crippen LogP contribution >= 0.6 is 0 Å². The monoisotopic (exact) mass is 475 g/mol. The van der Waals surface area contributed by atoms with Gasteiger partial charge in [0.2, 0.25) is 0 Å². The average molecular weight is 476 g/mol. The predicted molar refractivity (Wildman–Crippen MR) is 123 cm³/mol. The second-order valence-electron chi connectivity index (χ2n) is 9.26. The first-order valence-electron chi connectivity index (χ1n) is 11.7. The number of pyridine rings is 1. The van der Waals surface area contributed by atoms with E-state index in [-0.39, 0.29) is 23.6 Å². The maximum absolute atomic E-state index is 14.0. The number of hydrogen-bond acceptors (Lipinski definition) is 5. The molecule has 1 unspecified atom stereocenters. The number of nitrogens with one attached hydrogen (secondary N) is 3. The fourth-order valence-corrected chi connectivity index (χ4v) is 5.11. The highest BCUT2D eigenvalue weighted by Gasteiger charge is 2.56. The molecule has 182 valence electrons. The molecule has 7 nitrogen and oxygen atoms in total. The predicted octanol–water partition coefficient (Wildman–Crippen LogP) is 4.60. The van der Waals surface area contributed by atoms with Gasteiger partial charge in [-0.05, 0) is 61.9 Å². The number of hydrogen-bond donors (Lipinski definition) is 3. The summed E-state index contributed by atoms with van der Waals surface area (Å²) in [5.41, 5.74) is -0.889. The number of piperidine rings is 1. The highest BCUT2D eigenvalue weighted by molar-refractivity contribution is 5.91. The molecule has 2 saturated heterocycles. The second kappa shape index (κ2) is 8.74. The van der Waals surface area contributed by atoms with Crippen LogP contribution in [0.15, 0.2) is 41.3 Å². The normalized spacial score (nSPS) is 26.0. The number of aromatic amines is 1. The summed E-state index contributed by atoms with van der Waals surface area (Å²) in [6, 6.07) is 7.99. The molecule has 0 spiro atoms. The first-order valence-corrected chi connectivity index (χ1v) is 11.7. The van der Waals surface area contributed by atoms with Gasteiger partial charge < -0.3 is 15.0 Å². The van der Waals surface area contributed by atoms with Crippen LogP contribution in [-0.4, -0.2) is 40.7 Å². The molecule has 2 aliphatic rings. The molecule has 4 heterocycles. The zero-order chi connectivity index (χ0) is 23.9. The van der Waals surface area contributed by atoms with Gasteiger partial charge in [-0.25, -0.2) is 0 Å². The Hall–Kier alpha value is -2.85. The van der Waals surface area contributed by atoms with Gasteiger partial charge in [-0.3, -0.25) is 14.8 Å². The number of aromatic nitrogens is 3. The van der Waals surface area contributed by atoms with Gasteiger partial charge in [0, 0.05) is 18.5 Å². The molecule has 0 aliphatic carbocycles. The third-order valence-electron chi connectivity index (χ3n) is 7.14. The fraction of sp³-hybridized carbons (Fsp3) is 0.500. The Labute approximate surface area is 194 Å². The van der Waals surface area contributed by atoms with Crippen molar-refractivity contribution in [3.05, 3.63) is 52.4 Å². The highest BCUT2D eigenvalue weighted by Crippen LogP contribution is 2.44. The lowest BCUT2D eigenvalue weighted by Crippen LogP contribution is -2.56. The molecule has 2 aromatic heterocycles. The zero-order valence-electron chi connectivity index (χ0n) is 18.9. The van der Waals surface area contributed by atoms with E-state index in [1.807, 2.05) is 4.68 Å². The van der Waals surface area contributed by atoms with Crippen molar-refractivity contribution >= 4 is 22.4 Å². The van der Waals surface area contributed by atoms with E-state index in [9.17, 15) is 18.0 Å². The maximum Gasteiger partial charge on any atom is 0.410 e. The summed E-state index contributed by atoms with van der Waals surface area (Å²) in [5, 5.41) is 11.0. The Morgan fingerprint density at radius 3 is 2.68 bits per heavy atom. The second-order valence-corrected chi connectivity index (χ2v) is 9.26. The van der Waals surface area contributed by atoms with E-state index in [0.29, 0.717) is 54.5 Å². The van der Waals surface area contributed by atoms with Crippen LogP contribution in [0.4, 0.5) is 24.7 Å². The lowest BCUT2D eigenvalue weighted by molar-refractivity contribution is -0.207. The summed E-state index contributed by atoms with van der Waals surface area (Å²) in [4.78, 5) is 15.4. The first kappa shape index (κ1) is 22.9. The summed E-state index contributed by atoms with van der Waals surface area (Å²) in [6.45, 7) is 3.67. The van der Waals surface area contributed by atoms with Crippen LogP contribution < -0.4 is 16.2 Å². The van der Waals surface area contributed by atoms with Gasteiger partial charge in [0.1, 0.15) is 10.9 Å². The number of rotatable bonds is 4. The molecule has 3 atom stereocenters. The van der Waals surface area contributed by atoms with Gasteiger partial charge in [-0.2, -0.15) is 18.3 Å². The molecule has 3 N–H and O–H groups in total. The van der Waals surface area contributed by atoms with Crippen LogP contribution in [0.2, 0.25) is 0 Å². The number of H-pyrrole nitrogens is 1. The van der Waals surface area contributed by atoms with Gasteiger partial charge in [0.05, 0.1) is 18.2 Å². The van der Waals surface area contributed by atoms with Crippen molar-refractivity contribution in [1.29, 1.82) is 0 Å². The first-order chi connectivity index (χ1) is 16.3. The van der Waals surface area contributed by atoms with E-state index in [0.717, 1.165) is 12.8 Å². The number of nitrogens with zero attached hydrogens (tertiary/aromatic N) is 2. The third-order valence-corrected chi connectivity index (χ3v) is 7.14. The summed E-state index contributed by atoms with van der Waals surface area (Å²) in [5.74, 6) is 0.688. The molecule has 2 fully saturated rings. The van der Waals surface area contributed by atoms with Crippen LogP contribution in [0.5, 0.6) is 0 Å². The molecule has 1 aromatic carbocycles. The van der Waals surface area contributed by atoms with Crippen LogP contribution in [0.25, 0.3) is 10.9 Å². The number of fused-ring (bicyclic) bond motifs is 1. The van der Waals surface area contributed by atoms with Gasteiger partial charge in [-0.1, -0.05) is 19.1 Å². The summed E-state index contributed by atoms with van der Waals surface area (Å²) in [7, 11) is 0. The van der Waals surface area contributed by atoms with Gasteiger partial charge in [0.15, 0.2) is 5.82 Å². The minimum Gasteiger partial charge on any atom is -0.379 e. The van der Waals surface area contributed by atoms with Crippen molar-refractivity contribution in [2.45, 2.75) is 50.4 Å². The van der Waals surface area contributed by atoms with E-state index in [1.54, 1.807) is 24.4 Å². The average Bonchev–Trinajstić information content (AvgIpc) is 3.19. The minimum absolute atomic E-state index is 0.00927. The number of alkyl halides is 3. The lowest BCUT2D eigenvalue weighted by Gasteiger charge is -2.40. The van der Waals surface area contributed by atoms with Crippen molar-refractivity contribution in [3.63, 3.8) is 0 Å². The molecule has 3 aromatic rings. The molecule has 0 amide bonds. The van der Waals surface area contributed by atoms with Crippen LogP contribution in [0.1, 0.15) is 44.2 Å². The number of anilines is 2. The van der Waals surface area contributed by atoms with Crippen molar-refractivity contribution in [1.82, 2.24) is 20.1 Å². The summed E-state index contributed by atoms with van der Waals surface area (Å²) >= 11 is 0. The Morgan fingerprint density at radius 1 is 1.21 bits per heavy atom. The smallest absolute Gasteiger partial charge is 0.379 e. The topological polar surface area (TPSA) is 84.0 Å². The number of benzene rings is 1. The molecule has 0 radical (unpaired) electrons. The maximum atomic E-state index is 14.0. The molecule has 10 heteroatoms. The molecule has 2 aliphatic heterocycles. The zero-order valence-corrected chi connectivity index (χ0v) is 18.9. The molecular formula is C24H28F3N5O2. The fourth-order valence-electron chi connectivity index (χ4n) is 5.11. The molecular weight excluding hydrogens is 447 g/mol. The Kier molecular flexibility index (Phi) is 5.89. The van der Waals surface area contributed by atoms with Gasteiger partial charge in [-0.15, -0.1) is 0 Å². The Bertz CT molecular complexity index is 1210. The standard InChI is InChI=1S/C24H28F3N5O2/c1-15-9-13-34-14-19(15)32-18-8-12-28-22(33)20(18)21(31-32)30-17-6-4-16(5-7-17)23(24(25,26)27)10-2-3-11-29-23/h4-8,12,15,19,29H,2-3,9-11,13-14H2,1H3,(H,28,33)(H,30,31)/t15-,19-,23?/m0/s1. The third kappa shape index (κ3) is 3.88. The molecule has 34 heavy (non-hydrogen) atoms. The number of halogens is 3. The summed E-state index contributed by atoms with van der Waals surface area (Å²) in [6.07, 6.45) is -0.662. The van der Waals surface area contributed by atoms with Crippen molar-refractivity contribution < 1.29 is 17.9 Å². The molecule has 0 saturated carbocycles. The SMILES string of the molecule is C[C@H]1CCOC[C@@H]1n1nc(Nc2ccc(C3(C(F)(F)F)CCCCN3)cc2)c2c(=O)[nH]ccc21. The van der Waals surface area contributed by atoms with Crippen LogP contribution in [0, 0.1) is 5.92 Å².